The first-order chi connectivity index (χ1) is 11.7. The average Bonchev–Trinajstić information content (AvgIpc) is 3.06. The molecule has 0 radical (unpaired) electrons. The molecular weight excluding hydrogens is 306 g/mol. The van der Waals surface area contributed by atoms with Gasteiger partial charge in [-0.25, -0.2) is 4.79 Å². The normalized spacial score (nSPS) is 25.4. The molecule has 2 atom stereocenters. The van der Waals surface area contributed by atoms with E-state index in [0.29, 0.717) is 18.0 Å². The number of methoxy groups -OCH3 is 1. The molecule has 1 aromatic carbocycles. The third-order valence-electron chi connectivity index (χ3n) is 5.31. The number of rotatable bonds is 4. The van der Waals surface area contributed by atoms with Crippen molar-refractivity contribution in [2.45, 2.75) is 44.6 Å². The van der Waals surface area contributed by atoms with Crippen molar-refractivity contribution in [3.63, 3.8) is 0 Å². The lowest BCUT2D eigenvalue weighted by molar-refractivity contribution is -0.170. The number of hydrogen-bond acceptors (Lipinski definition) is 5. The third-order valence-corrected chi connectivity index (χ3v) is 5.31. The lowest BCUT2D eigenvalue weighted by Gasteiger charge is -2.31. The number of ether oxygens (including phenoxy) is 1. The molecular formula is C19H25NO4. The van der Waals surface area contributed by atoms with Crippen molar-refractivity contribution in [1.29, 1.82) is 0 Å². The van der Waals surface area contributed by atoms with Crippen molar-refractivity contribution < 1.29 is 19.2 Å². The molecule has 3 rings (SSSR count). The van der Waals surface area contributed by atoms with Crippen LogP contribution in [0.2, 0.25) is 0 Å². The van der Waals surface area contributed by atoms with E-state index < -0.39 is 12.0 Å². The summed E-state index contributed by atoms with van der Waals surface area (Å²) in [7, 11) is 1.40. The maximum Gasteiger partial charge on any atom is 0.357 e. The van der Waals surface area contributed by atoms with Crippen LogP contribution in [-0.2, 0) is 14.4 Å². The Morgan fingerprint density at radius 1 is 1.04 bits per heavy atom. The number of hydrogen-bond donors (Lipinski definition) is 0. The Morgan fingerprint density at radius 3 is 2.42 bits per heavy atom. The average molecular weight is 331 g/mol. The van der Waals surface area contributed by atoms with E-state index in [4.69, 9.17) is 9.57 Å². The summed E-state index contributed by atoms with van der Waals surface area (Å²) in [6.45, 7) is 0.583. The maximum absolute atomic E-state index is 12.3. The molecule has 5 heteroatoms. The van der Waals surface area contributed by atoms with Crippen molar-refractivity contribution in [2.75, 3.05) is 13.7 Å². The van der Waals surface area contributed by atoms with Gasteiger partial charge in [-0.2, -0.15) is 0 Å². The third kappa shape index (κ3) is 3.61. The number of nitrogens with zero attached hydrogens (tertiary/aromatic N) is 1. The van der Waals surface area contributed by atoms with Gasteiger partial charge in [0.1, 0.15) is 6.04 Å². The van der Waals surface area contributed by atoms with Gasteiger partial charge in [0.05, 0.1) is 12.7 Å². The molecule has 0 bridgehead atoms. The van der Waals surface area contributed by atoms with Gasteiger partial charge in [0.25, 0.3) is 0 Å². The molecule has 1 heterocycles. The van der Waals surface area contributed by atoms with Crippen LogP contribution in [0.3, 0.4) is 0 Å². The van der Waals surface area contributed by atoms with Crippen molar-refractivity contribution >= 4 is 11.9 Å². The van der Waals surface area contributed by atoms with Crippen molar-refractivity contribution in [3.05, 3.63) is 35.9 Å². The summed E-state index contributed by atoms with van der Waals surface area (Å²) in [4.78, 5) is 30.2. The van der Waals surface area contributed by atoms with E-state index in [2.05, 4.69) is 0 Å². The fourth-order valence-electron chi connectivity index (χ4n) is 4.09. The minimum Gasteiger partial charge on any atom is -0.468 e. The Kier molecular flexibility index (Phi) is 5.51. The van der Waals surface area contributed by atoms with Crippen LogP contribution in [0.5, 0.6) is 0 Å². The molecule has 0 spiro atoms. The Bertz CT molecular complexity index is 568. The van der Waals surface area contributed by atoms with E-state index >= 15 is 0 Å². The van der Waals surface area contributed by atoms with Crippen molar-refractivity contribution in [2.24, 2.45) is 11.8 Å². The largest absolute Gasteiger partial charge is 0.468 e. The maximum atomic E-state index is 12.3. The van der Waals surface area contributed by atoms with Gasteiger partial charge < -0.3 is 9.57 Å². The van der Waals surface area contributed by atoms with Gasteiger partial charge in [0.2, 0.25) is 0 Å². The van der Waals surface area contributed by atoms with Gasteiger partial charge in [-0.1, -0.05) is 50.3 Å². The van der Waals surface area contributed by atoms with E-state index in [1.807, 2.05) is 6.07 Å². The Labute approximate surface area is 142 Å². The predicted molar refractivity (Wildman–Crippen MR) is 89.0 cm³/mol. The molecule has 130 valence electrons. The number of carbonyl (C=O) groups excluding carboxylic acids is 2. The van der Waals surface area contributed by atoms with Crippen LogP contribution in [0, 0.1) is 11.8 Å². The highest BCUT2D eigenvalue weighted by Crippen LogP contribution is 2.39. The number of carbonyl (C=O) groups is 2. The fourth-order valence-corrected chi connectivity index (χ4v) is 4.09. The van der Waals surface area contributed by atoms with Crippen molar-refractivity contribution in [3.8, 4) is 0 Å². The molecule has 1 saturated carbocycles. The SMILES string of the molecule is COC(=O)[C@@H]1[C@@H](C2CCCCC2)CCN1OC(=O)c1ccccc1. The van der Waals surface area contributed by atoms with E-state index in [0.717, 1.165) is 19.3 Å². The molecule has 0 amide bonds. The number of benzene rings is 1. The number of hydroxylamine groups is 2. The second-order valence-corrected chi connectivity index (χ2v) is 6.70. The molecule has 1 aliphatic heterocycles. The molecule has 1 aliphatic carbocycles. The van der Waals surface area contributed by atoms with Gasteiger partial charge in [-0.3, -0.25) is 4.79 Å². The number of esters is 1. The summed E-state index contributed by atoms with van der Waals surface area (Å²) in [5, 5.41) is 1.54. The van der Waals surface area contributed by atoms with Crippen molar-refractivity contribution in [1.82, 2.24) is 5.06 Å². The quantitative estimate of drug-likeness (QED) is 0.793. The van der Waals surface area contributed by atoms with Crippen LogP contribution in [0.4, 0.5) is 0 Å². The second-order valence-electron chi connectivity index (χ2n) is 6.70. The molecule has 0 unspecified atom stereocenters. The van der Waals surface area contributed by atoms with Crippen LogP contribution >= 0.6 is 0 Å². The summed E-state index contributed by atoms with van der Waals surface area (Å²) in [5.74, 6) is 0.00216. The lowest BCUT2D eigenvalue weighted by Crippen LogP contribution is -2.43. The summed E-state index contributed by atoms with van der Waals surface area (Å²) in [6, 6.07) is 8.38. The van der Waals surface area contributed by atoms with Gasteiger partial charge in [0.15, 0.2) is 0 Å². The highest BCUT2D eigenvalue weighted by atomic mass is 16.7. The van der Waals surface area contributed by atoms with Crippen LogP contribution < -0.4 is 0 Å². The first-order valence-electron chi connectivity index (χ1n) is 8.82. The second kappa shape index (κ2) is 7.79. The zero-order valence-electron chi connectivity index (χ0n) is 14.1. The summed E-state index contributed by atoms with van der Waals surface area (Å²) >= 11 is 0. The molecule has 5 nitrogen and oxygen atoms in total. The molecule has 1 saturated heterocycles. The minimum atomic E-state index is -0.481. The summed E-state index contributed by atoms with van der Waals surface area (Å²) in [5.41, 5.74) is 0.488. The van der Waals surface area contributed by atoms with Gasteiger partial charge in [0, 0.05) is 6.54 Å². The Morgan fingerprint density at radius 2 is 1.75 bits per heavy atom. The predicted octanol–water partition coefficient (Wildman–Crippen LogP) is 3.20. The van der Waals surface area contributed by atoms with E-state index in [9.17, 15) is 9.59 Å². The molecule has 0 N–H and O–H groups in total. The van der Waals surface area contributed by atoms with Crippen LogP contribution in [0.1, 0.15) is 48.9 Å². The minimum absolute atomic E-state index is 0.210. The van der Waals surface area contributed by atoms with Crippen LogP contribution in [-0.4, -0.2) is 36.7 Å². The Balaban J connectivity index is 1.72. The Hall–Kier alpha value is -1.88. The smallest absolute Gasteiger partial charge is 0.357 e. The molecule has 0 aromatic heterocycles. The fraction of sp³-hybridized carbons (Fsp3) is 0.579. The van der Waals surface area contributed by atoms with Gasteiger partial charge in [-0.05, 0) is 30.4 Å². The first kappa shape index (κ1) is 17.0. The topological polar surface area (TPSA) is 55.8 Å². The lowest BCUT2D eigenvalue weighted by atomic mass is 9.77. The highest BCUT2D eigenvalue weighted by molar-refractivity contribution is 5.89. The van der Waals surface area contributed by atoms with Gasteiger partial charge in [-0.15, -0.1) is 5.06 Å². The molecule has 24 heavy (non-hydrogen) atoms. The zero-order valence-corrected chi connectivity index (χ0v) is 14.1. The summed E-state index contributed by atoms with van der Waals surface area (Å²) < 4.78 is 5.00. The highest BCUT2D eigenvalue weighted by Gasteiger charge is 2.46. The standard InChI is InChI=1S/C19H25NO4/c1-23-19(22)17-16(14-8-4-2-5-9-14)12-13-20(17)24-18(21)15-10-6-3-7-11-15/h3,6-7,10-11,14,16-17H,2,4-5,8-9,12-13H2,1H3/t16-,17+/m1/s1. The molecule has 2 fully saturated rings. The molecule has 2 aliphatic rings. The van der Waals surface area contributed by atoms with Crippen LogP contribution in [0.15, 0.2) is 30.3 Å². The van der Waals surface area contributed by atoms with Gasteiger partial charge >= 0.3 is 11.9 Å². The van der Waals surface area contributed by atoms with Crippen LogP contribution in [0.25, 0.3) is 0 Å². The molecule has 1 aromatic rings. The van der Waals surface area contributed by atoms with E-state index in [1.54, 1.807) is 29.3 Å². The first-order valence-corrected chi connectivity index (χ1v) is 8.82. The summed E-state index contributed by atoms with van der Waals surface area (Å²) in [6.07, 6.45) is 6.89. The zero-order chi connectivity index (χ0) is 16.9. The monoisotopic (exact) mass is 331 g/mol. The van der Waals surface area contributed by atoms with E-state index in [1.165, 1.54) is 26.4 Å². The van der Waals surface area contributed by atoms with E-state index in [-0.39, 0.29) is 11.9 Å².